The molecule has 0 spiro atoms. The molecule has 3 aromatic heterocycles. The molecule has 0 aromatic carbocycles. The number of rotatable bonds is 4. The van der Waals surface area contributed by atoms with Crippen LogP contribution in [0.3, 0.4) is 0 Å². The normalized spacial score (nSPS) is 16.3. The lowest BCUT2D eigenvalue weighted by molar-refractivity contribution is -0.136. The average molecular weight is 372 g/mol. The van der Waals surface area contributed by atoms with Gasteiger partial charge < -0.3 is 14.4 Å². The largest absolute Gasteiger partial charge is 0.481 e. The maximum Gasteiger partial charge on any atom is 0.307 e. The lowest BCUT2D eigenvalue weighted by Crippen LogP contribution is -2.38. The van der Waals surface area contributed by atoms with Crippen LogP contribution in [0.1, 0.15) is 23.2 Å². The number of carbonyl (C=O) groups is 1. The van der Waals surface area contributed by atoms with Crippen LogP contribution in [-0.4, -0.2) is 38.5 Å². The molecule has 1 atom stereocenters. The van der Waals surface area contributed by atoms with Crippen molar-refractivity contribution in [3.05, 3.63) is 59.2 Å². The molecule has 27 heavy (non-hydrogen) atoms. The molecular weight excluding hydrogens is 354 g/mol. The van der Waals surface area contributed by atoms with Gasteiger partial charge in [0.2, 0.25) is 5.95 Å². The Balaban J connectivity index is 1.73. The second-order valence-electron chi connectivity index (χ2n) is 6.79. The zero-order valence-corrected chi connectivity index (χ0v) is 14.7. The number of carboxylic acid groups (broad SMARTS) is 1. The highest BCUT2D eigenvalue weighted by Gasteiger charge is 2.29. The van der Waals surface area contributed by atoms with Crippen LogP contribution in [0.4, 0.5) is 14.7 Å². The third kappa shape index (κ3) is 3.11. The molecule has 0 radical (unpaired) electrons. The Morgan fingerprint density at radius 2 is 2.04 bits per heavy atom. The molecule has 3 heterocycles. The molecule has 0 saturated carbocycles. The Morgan fingerprint density at radius 3 is 2.74 bits per heavy atom. The molecule has 1 N–H and O–H groups in total. The first-order valence-corrected chi connectivity index (χ1v) is 8.66. The maximum atomic E-state index is 13.8. The van der Waals surface area contributed by atoms with E-state index in [9.17, 15) is 18.7 Å². The van der Waals surface area contributed by atoms with Crippen LogP contribution in [-0.2, 0) is 24.1 Å². The van der Waals surface area contributed by atoms with E-state index < -0.39 is 11.8 Å². The lowest BCUT2D eigenvalue weighted by atomic mass is 9.89. The third-order valence-corrected chi connectivity index (χ3v) is 5.18. The van der Waals surface area contributed by atoms with Crippen molar-refractivity contribution in [2.24, 2.45) is 0 Å². The number of carboxylic acids is 1. The van der Waals surface area contributed by atoms with Crippen LogP contribution in [0.15, 0.2) is 30.7 Å². The van der Waals surface area contributed by atoms with Crippen molar-refractivity contribution < 1.29 is 18.7 Å². The molecule has 0 saturated heterocycles. The SMILES string of the molecule is CN(c1ncc(F)cn1)C1CCc2c(CC(=O)O)c3ccc(F)cn3c2C1. The van der Waals surface area contributed by atoms with E-state index in [1.807, 2.05) is 11.9 Å². The van der Waals surface area contributed by atoms with Gasteiger partial charge >= 0.3 is 5.97 Å². The topological polar surface area (TPSA) is 70.7 Å². The van der Waals surface area contributed by atoms with E-state index in [1.165, 1.54) is 12.3 Å². The number of hydrogen-bond acceptors (Lipinski definition) is 4. The maximum absolute atomic E-state index is 13.8. The molecule has 8 heteroatoms. The summed E-state index contributed by atoms with van der Waals surface area (Å²) >= 11 is 0. The lowest BCUT2D eigenvalue weighted by Gasteiger charge is -2.31. The van der Waals surface area contributed by atoms with E-state index in [0.29, 0.717) is 18.8 Å². The average Bonchev–Trinajstić information content (AvgIpc) is 2.94. The Kier molecular flexibility index (Phi) is 4.25. The highest BCUT2D eigenvalue weighted by molar-refractivity contribution is 5.77. The summed E-state index contributed by atoms with van der Waals surface area (Å²) in [6.45, 7) is 0. The third-order valence-electron chi connectivity index (χ3n) is 5.18. The van der Waals surface area contributed by atoms with E-state index in [2.05, 4.69) is 9.97 Å². The quantitative estimate of drug-likeness (QED) is 0.762. The summed E-state index contributed by atoms with van der Waals surface area (Å²) in [6, 6.07) is 3.03. The number of likely N-dealkylation sites (N-methyl/N-ethyl adjacent to an activating group) is 1. The molecule has 140 valence electrons. The molecule has 1 unspecified atom stereocenters. The van der Waals surface area contributed by atoms with Gasteiger partial charge in [0.05, 0.1) is 18.8 Å². The smallest absolute Gasteiger partial charge is 0.307 e. The summed E-state index contributed by atoms with van der Waals surface area (Å²) in [5.74, 6) is -1.36. The Bertz CT molecular complexity index is 1020. The molecule has 0 aliphatic heterocycles. The standard InChI is InChI=1S/C19H18F2N4O2/c1-24(19-22-8-12(21)9-23-19)13-3-4-14-15(7-18(26)27)16-5-2-11(20)10-25(16)17(14)6-13/h2,5,8-10,13H,3-4,6-7H2,1H3,(H,26,27). The Labute approximate surface area is 154 Å². The summed E-state index contributed by atoms with van der Waals surface area (Å²) < 4.78 is 28.7. The molecule has 3 aromatic rings. The van der Waals surface area contributed by atoms with Crippen LogP contribution >= 0.6 is 0 Å². The minimum Gasteiger partial charge on any atom is -0.481 e. The van der Waals surface area contributed by atoms with Gasteiger partial charge in [0.15, 0.2) is 5.82 Å². The fraction of sp³-hybridized carbons (Fsp3) is 0.316. The summed E-state index contributed by atoms with van der Waals surface area (Å²) in [6.07, 6.45) is 5.60. The van der Waals surface area contributed by atoms with E-state index in [1.54, 1.807) is 10.5 Å². The van der Waals surface area contributed by atoms with Crippen LogP contribution in [0.2, 0.25) is 0 Å². The van der Waals surface area contributed by atoms with Gasteiger partial charge in [-0.15, -0.1) is 0 Å². The summed E-state index contributed by atoms with van der Waals surface area (Å²) in [5.41, 5.74) is 3.36. The number of hydrogen-bond donors (Lipinski definition) is 1. The highest BCUT2D eigenvalue weighted by Crippen LogP contribution is 2.33. The van der Waals surface area contributed by atoms with E-state index >= 15 is 0 Å². The Hall–Kier alpha value is -3.03. The molecular formula is C19H18F2N4O2. The molecule has 4 rings (SSSR count). The van der Waals surface area contributed by atoms with Gasteiger partial charge in [-0.25, -0.2) is 18.7 Å². The first-order chi connectivity index (χ1) is 12.9. The van der Waals surface area contributed by atoms with Gasteiger partial charge in [0, 0.05) is 36.9 Å². The number of nitrogens with zero attached hydrogens (tertiary/aromatic N) is 4. The van der Waals surface area contributed by atoms with Gasteiger partial charge in [-0.05, 0) is 36.1 Å². The fourth-order valence-electron chi connectivity index (χ4n) is 3.90. The van der Waals surface area contributed by atoms with E-state index in [0.717, 1.165) is 41.2 Å². The van der Waals surface area contributed by atoms with Gasteiger partial charge in [0.25, 0.3) is 0 Å². The minimum absolute atomic E-state index is 0.0435. The van der Waals surface area contributed by atoms with Crippen LogP contribution in [0.25, 0.3) is 5.52 Å². The van der Waals surface area contributed by atoms with Crippen LogP contribution in [0, 0.1) is 11.6 Å². The summed E-state index contributed by atoms with van der Waals surface area (Å²) in [4.78, 5) is 21.2. The number of pyridine rings is 1. The van der Waals surface area contributed by atoms with Crippen molar-refractivity contribution in [1.82, 2.24) is 14.4 Å². The van der Waals surface area contributed by atoms with Crippen molar-refractivity contribution in [2.45, 2.75) is 31.7 Å². The number of aliphatic carboxylic acids is 1. The minimum atomic E-state index is -0.909. The van der Waals surface area contributed by atoms with Gasteiger partial charge in [-0.3, -0.25) is 4.79 Å². The fourth-order valence-corrected chi connectivity index (χ4v) is 3.90. The zero-order chi connectivity index (χ0) is 19.1. The van der Waals surface area contributed by atoms with Crippen LogP contribution in [0.5, 0.6) is 0 Å². The molecule has 6 nitrogen and oxygen atoms in total. The van der Waals surface area contributed by atoms with Crippen molar-refractivity contribution in [1.29, 1.82) is 0 Å². The number of anilines is 1. The first kappa shape index (κ1) is 17.4. The zero-order valence-electron chi connectivity index (χ0n) is 14.7. The second-order valence-corrected chi connectivity index (χ2v) is 6.79. The predicted molar refractivity (Wildman–Crippen MR) is 94.9 cm³/mol. The second kappa shape index (κ2) is 6.61. The van der Waals surface area contributed by atoms with Crippen molar-refractivity contribution >= 4 is 17.4 Å². The first-order valence-electron chi connectivity index (χ1n) is 8.66. The number of aromatic nitrogens is 3. The predicted octanol–water partition coefficient (Wildman–Crippen LogP) is 2.63. The molecule has 0 bridgehead atoms. The Morgan fingerprint density at radius 1 is 1.30 bits per heavy atom. The van der Waals surface area contributed by atoms with Gasteiger partial charge in [-0.2, -0.15) is 0 Å². The van der Waals surface area contributed by atoms with Crippen molar-refractivity contribution in [3.8, 4) is 0 Å². The van der Waals surface area contributed by atoms with Gasteiger partial charge in [0.1, 0.15) is 5.82 Å². The van der Waals surface area contributed by atoms with E-state index in [-0.39, 0.29) is 18.3 Å². The van der Waals surface area contributed by atoms with E-state index in [4.69, 9.17) is 0 Å². The molecule has 1 aliphatic carbocycles. The van der Waals surface area contributed by atoms with Crippen molar-refractivity contribution in [2.75, 3.05) is 11.9 Å². The number of fused-ring (bicyclic) bond motifs is 3. The molecule has 0 fully saturated rings. The van der Waals surface area contributed by atoms with Crippen LogP contribution < -0.4 is 4.90 Å². The molecule has 1 aliphatic rings. The highest BCUT2D eigenvalue weighted by atomic mass is 19.1. The monoisotopic (exact) mass is 372 g/mol. The summed E-state index contributed by atoms with van der Waals surface area (Å²) in [5, 5.41) is 9.27. The molecule has 0 amide bonds. The van der Waals surface area contributed by atoms with Gasteiger partial charge in [-0.1, -0.05) is 0 Å². The summed E-state index contributed by atoms with van der Waals surface area (Å²) in [7, 11) is 1.84. The van der Waals surface area contributed by atoms with Crippen molar-refractivity contribution in [3.63, 3.8) is 0 Å². The number of halogens is 2.